The highest BCUT2D eigenvalue weighted by molar-refractivity contribution is 5.38. The maximum absolute atomic E-state index is 9.45. The van der Waals surface area contributed by atoms with Crippen LogP contribution >= 0.6 is 0 Å². The molecule has 4 rings (SSSR count). The van der Waals surface area contributed by atoms with Crippen molar-refractivity contribution in [1.29, 1.82) is 0 Å². The van der Waals surface area contributed by atoms with E-state index >= 15 is 0 Å². The maximum Gasteiger partial charge on any atom is 0.129 e. The highest BCUT2D eigenvalue weighted by atomic mass is 16.3. The van der Waals surface area contributed by atoms with Gasteiger partial charge in [-0.1, -0.05) is 24.3 Å². The lowest BCUT2D eigenvalue weighted by atomic mass is 9.80. The summed E-state index contributed by atoms with van der Waals surface area (Å²) in [6.45, 7) is 4.29. The number of hydrogen-bond acceptors (Lipinski definition) is 5. The number of benzene rings is 1. The highest BCUT2D eigenvalue weighted by Gasteiger charge is 2.29. The van der Waals surface area contributed by atoms with Gasteiger partial charge < -0.3 is 10.4 Å². The van der Waals surface area contributed by atoms with Crippen molar-refractivity contribution in [2.45, 2.75) is 50.8 Å². The van der Waals surface area contributed by atoms with E-state index < -0.39 is 0 Å². The summed E-state index contributed by atoms with van der Waals surface area (Å²) in [6.07, 6.45) is 5.76. The summed E-state index contributed by atoms with van der Waals surface area (Å²) < 4.78 is 0. The summed E-state index contributed by atoms with van der Waals surface area (Å²) >= 11 is 0. The summed E-state index contributed by atoms with van der Waals surface area (Å²) in [5.41, 5.74) is 3.67. The van der Waals surface area contributed by atoms with Crippen molar-refractivity contribution in [2.75, 3.05) is 18.4 Å². The lowest BCUT2D eigenvalue weighted by Gasteiger charge is -2.30. The van der Waals surface area contributed by atoms with E-state index in [0.717, 1.165) is 37.4 Å². The minimum atomic E-state index is -0.157. The molecule has 5 heteroatoms. The molecule has 2 heterocycles. The topological polar surface area (TPSA) is 61.3 Å². The van der Waals surface area contributed by atoms with Gasteiger partial charge in [-0.15, -0.1) is 0 Å². The van der Waals surface area contributed by atoms with Gasteiger partial charge in [0.05, 0.1) is 6.10 Å². The zero-order valence-electron chi connectivity index (χ0n) is 14.6. The molecule has 1 saturated carbocycles. The van der Waals surface area contributed by atoms with Crippen molar-refractivity contribution in [2.24, 2.45) is 0 Å². The molecule has 0 unspecified atom stereocenters. The van der Waals surface area contributed by atoms with Crippen LogP contribution in [0.2, 0.25) is 0 Å². The number of anilines is 1. The largest absolute Gasteiger partial charge is 0.393 e. The summed E-state index contributed by atoms with van der Waals surface area (Å²) in [7, 11) is 0. The number of likely N-dealkylation sites (tertiary alicyclic amines) is 1. The number of hydrogen-bond donors (Lipinski definition) is 2. The Kier molecular flexibility index (Phi) is 4.95. The second kappa shape index (κ2) is 7.50. The lowest BCUT2D eigenvalue weighted by Crippen LogP contribution is -2.27. The molecule has 1 aliphatic heterocycles. The Bertz CT molecular complexity index is 691. The Morgan fingerprint density at radius 3 is 2.48 bits per heavy atom. The molecular weight excluding hydrogens is 312 g/mol. The van der Waals surface area contributed by atoms with Crippen molar-refractivity contribution in [3.8, 4) is 0 Å². The smallest absolute Gasteiger partial charge is 0.129 e. The van der Waals surface area contributed by atoms with E-state index in [0.29, 0.717) is 5.92 Å². The van der Waals surface area contributed by atoms with Gasteiger partial charge in [-0.25, -0.2) is 9.97 Å². The molecule has 1 aromatic heterocycles. The quantitative estimate of drug-likeness (QED) is 0.848. The molecule has 1 aliphatic carbocycles. The van der Waals surface area contributed by atoms with Crippen molar-refractivity contribution in [3.63, 3.8) is 0 Å². The highest BCUT2D eigenvalue weighted by Crippen LogP contribution is 2.35. The molecule has 0 spiro atoms. The standard InChI is InChI=1S/C20H26N4O/c25-18-9-17(10-18)19-11-20(23-14-22-19)21-12-15-3-5-16(6-4-15)13-24-7-1-2-8-24/h3-6,11,14,17-18,25H,1-2,7-10,12-13H2,(H,21,22,23). The number of rotatable bonds is 6. The van der Waals surface area contributed by atoms with Crippen LogP contribution in [0.5, 0.6) is 0 Å². The molecule has 0 bridgehead atoms. The summed E-state index contributed by atoms with van der Waals surface area (Å²) in [5, 5.41) is 12.8. The van der Waals surface area contributed by atoms with Gasteiger partial charge in [0.1, 0.15) is 12.1 Å². The molecule has 25 heavy (non-hydrogen) atoms. The third-order valence-corrected chi connectivity index (χ3v) is 5.32. The average Bonchev–Trinajstić information content (AvgIpc) is 3.12. The van der Waals surface area contributed by atoms with Crippen molar-refractivity contribution in [3.05, 3.63) is 53.5 Å². The number of nitrogens with one attached hydrogen (secondary N) is 1. The van der Waals surface area contributed by atoms with E-state index in [1.165, 1.54) is 37.1 Å². The van der Waals surface area contributed by atoms with E-state index in [2.05, 4.69) is 44.5 Å². The van der Waals surface area contributed by atoms with Crippen LogP contribution in [0.1, 0.15) is 48.4 Å². The molecule has 5 nitrogen and oxygen atoms in total. The van der Waals surface area contributed by atoms with Crippen molar-refractivity contribution >= 4 is 5.82 Å². The van der Waals surface area contributed by atoms with Crippen LogP contribution in [0.3, 0.4) is 0 Å². The Labute approximate surface area is 149 Å². The summed E-state index contributed by atoms with van der Waals surface area (Å²) in [4.78, 5) is 11.2. The van der Waals surface area contributed by atoms with Gasteiger partial charge in [0, 0.05) is 30.8 Å². The van der Waals surface area contributed by atoms with E-state index in [4.69, 9.17) is 0 Å². The number of aromatic nitrogens is 2. The van der Waals surface area contributed by atoms with E-state index in [1.807, 2.05) is 6.07 Å². The predicted octanol–water partition coefficient (Wildman–Crippen LogP) is 2.92. The Balaban J connectivity index is 1.31. The second-order valence-corrected chi connectivity index (χ2v) is 7.30. The predicted molar refractivity (Wildman–Crippen MR) is 98.3 cm³/mol. The first-order valence-corrected chi connectivity index (χ1v) is 9.30. The summed E-state index contributed by atoms with van der Waals surface area (Å²) in [5.74, 6) is 1.23. The van der Waals surface area contributed by atoms with Crippen LogP contribution in [-0.4, -0.2) is 39.2 Å². The fraction of sp³-hybridized carbons (Fsp3) is 0.500. The van der Waals surface area contributed by atoms with Gasteiger partial charge in [0.25, 0.3) is 0 Å². The lowest BCUT2D eigenvalue weighted by molar-refractivity contribution is 0.0732. The molecule has 132 valence electrons. The first-order valence-electron chi connectivity index (χ1n) is 9.30. The molecule has 1 aromatic carbocycles. The zero-order chi connectivity index (χ0) is 17.1. The van der Waals surface area contributed by atoms with Crippen molar-refractivity contribution in [1.82, 2.24) is 14.9 Å². The van der Waals surface area contributed by atoms with Gasteiger partial charge in [-0.2, -0.15) is 0 Å². The van der Waals surface area contributed by atoms with Crippen LogP contribution < -0.4 is 5.32 Å². The van der Waals surface area contributed by atoms with E-state index in [-0.39, 0.29) is 6.10 Å². The van der Waals surface area contributed by atoms with Crippen LogP contribution in [0, 0.1) is 0 Å². The molecule has 0 atom stereocenters. The molecule has 2 aromatic rings. The Morgan fingerprint density at radius 1 is 1.04 bits per heavy atom. The SMILES string of the molecule is OC1CC(c2cc(NCc3ccc(CN4CCCC4)cc3)ncn2)C1. The third-order valence-electron chi connectivity index (χ3n) is 5.32. The third kappa shape index (κ3) is 4.17. The Hall–Kier alpha value is -1.98. The van der Waals surface area contributed by atoms with E-state index in [1.54, 1.807) is 6.33 Å². The number of aliphatic hydroxyl groups excluding tert-OH is 1. The molecule has 2 aliphatic rings. The van der Waals surface area contributed by atoms with Gasteiger partial charge in [-0.05, 0) is 49.9 Å². The number of nitrogens with zero attached hydrogens (tertiary/aromatic N) is 3. The molecule has 0 radical (unpaired) electrons. The molecule has 2 N–H and O–H groups in total. The van der Waals surface area contributed by atoms with Gasteiger partial charge in [0.2, 0.25) is 0 Å². The second-order valence-electron chi connectivity index (χ2n) is 7.30. The first-order chi connectivity index (χ1) is 12.3. The maximum atomic E-state index is 9.45. The average molecular weight is 338 g/mol. The molecule has 1 saturated heterocycles. The number of aliphatic hydroxyl groups is 1. The van der Waals surface area contributed by atoms with Crippen LogP contribution in [0.4, 0.5) is 5.82 Å². The monoisotopic (exact) mass is 338 g/mol. The van der Waals surface area contributed by atoms with Crippen molar-refractivity contribution < 1.29 is 5.11 Å². The zero-order valence-corrected chi connectivity index (χ0v) is 14.6. The van der Waals surface area contributed by atoms with Gasteiger partial charge >= 0.3 is 0 Å². The normalized spacial score (nSPS) is 23.4. The van der Waals surface area contributed by atoms with Crippen LogP contribution in [-0.2, 0) is 13.1 Å². The minimum Gasteiger partial charge on any atom is -0.393 e. The molecular formula is C20H26N4O. The first kappa shape index (κ1) is 16.5. The summed E-state index contributed by atoms with van der Waals surface area (Å²) in [6, 6.07) is 10.9. The fourth-order valence-electron chi connectivity index (χ4n) is 3.68. The Morgan fingerprint density at radius 2 is 1.76 bits per heavy atom. The van der Waals surface area contributed by atoms with Crippen LogP contribution in [0.15, 0.2) is 36.7 Å². The van der Waals surface area contributed by atoms with Crippen LogP contribution in [0.25, 0.3) is 0 Å². The van der Waals surface area contributed by atoms with Gasteiger partial charge in [0.15, 0.2) is 0 Å². The fourth-order valence-corrected chi connectivity index (χ4v) is 3.68. The van der Waals surface area contributed by atoms with E-state index in [9.17, 15) is 5.11 Å². The van der Waals surface area contributed by atoms with Gasteiger partial charge in [-0.3, -0.25) is 4.90 Å². The minimum absolute atomic E-state index is 0.157. The molecule has 0 amide bonds. The molecule has 2 fully saturated rings.